The fourth-order valence-corrected chi connectivity index (χ4v) is 2.71. The van der Waals surface area contributed by atoms with Crippen LogP contribution in [0, 0.1) is 18.3 Å². The predicted octanol–water partition coefficient (Wildman–Crippen LogP) is 1.59. The first kappa shape index (κ1) is 13.3. The van der Waals surface area contributed by atoms with Gasteiger partial charge in [0.2, 0.25) is 0 Å². The maximum atomic E-state index is 9.07. The lowest BCUT2D eigenvalue weighted by molar-refractivity contribution is 0.716. The molecule has 21 heavy (non-hydrogen) atoms. The smallest absolute Gasteiger partial charge is 0.141 e. The van der Waals surface area contributed by atoms with E-state index < -0.39 is 0 Å². The van der Waals surface area contributed by atoms with Gasteiger partial charge in [-0.1, -0.05) is 12.1 Å². The SMILES string of the molecule is Cc1nn(C)c(-n2c(CC#N)nc3ccccc32)c1CN. The first-order valence-corrected chi connectivity index (χ1v) is 6.73. The van der Waals surface area contributed by atoms with Crippen molar-refractivity contribution in [3.63, 3.8) is 0 Å². The highest BCUT2D eigenvalue weighted by Crippen LogP contribution is 2.25. The van der Waals surface area contributed by atoms with Crippen molar-refractivity contribution in [1.29, 1.82) is 5.26 Å². The standard InChI is InChI=1S/C15H16N6/c1-10-11(9-17)15(20(2)19-10)21-13-6-4-3-5-12(13)18-14(21)7-8-16/h3-6H,7,9,17H2,1-2H3. The van der Waals surface area contributed by atoms with Crippen LogP contribution in [0.4, 0.5) is 0 Å². The van der Waals surface area contributed by atoms with Crippen molar-refractivity contribution < 1.29 is 0 Å². The Balaban J connectivity index is 2.39. The highest BCUT2D eigenvalue weighted by molar-refractivity contribution is 5.78. The van der Waals surface area contributed by atoms with Gasteiger partial charge in [-0.3, -0.25) is 9.25 Å². The Morgan fingerprint density at radius 2 is 2.10 bits per heavy atom. The van der Waals surface area contributed by atoms with E-state index in [9.17, 15) is 0 Å². The fourth-order valence-electron chi connectivity index (χ4n) is 2.71. The Kier molecular flexibility index (Phi) is 3.20. The molecule has 3 rings (SSSR count). The zero-order chi connectivity index (χ0) is 15.0. The summed E-state index contributed by atoms with van der Waals surface area (Å²) < 4.78 is 3.78. The van der Waals surface area contributed by atoms with E-state index in [-0.39, 0.29) is 6.42 Å². The minimum Gasteiger partial charge on any atom is -0.326 e. The molecular formula is C15H16N6. The largest absolute Gasteiger partial charge is 0.326 e. The summed E-state index contributed by atoms with van der Waals surface area (Å²) in [6.45, 7) is 2.34. The Bertz CT molecular complexity index is 849. The van der Waals surface area contributed by atoms with Crippen LogP contribution in [0.15, 0.2) is 24.3 Å². The van der Waals surface area contributed by atoms with E-state index >= 15 is 0 Å². The van der Waals surface area contributed by atoms with Gasteiger partial charge in [-0.2, -0.15) is 10.4 Å². The normalized spacial score (nSPS) is 11.0. The van der Waals surface area contributed by atoms with Gasteiger partial charge in [-0.15, -0.1) is 0 Å². The molecule has 1 aromatic carbocycles. The number of aryl methyl sites for hydroxylation is 2. The van der Waals surface area contributed by atoms with Crippen LogP contribution in [0.1, 0.15) is 17.1 Å². The third kappa shape index (κ3) is 1.99. The number of imidazole rings is 1. The number of nitrogens with two attached hydrogens (primary N) is 1. The number of benzene rings is 1. The molecule has 0 aliphatic heterocycles. The third-order valence-electron chi connectivity index (χ3n) is 3.60. The summed E-state index contributed by atoms with van der Waals surface area (Å²) in [7, 11) is 1.88. The maximum Gasteiger partial charge on any atom is 0.141 e. The number of para-hydroxylation sites is 2. The second-order valence-electron chi connectivity index (χ2n) is 4.90. The highest BCUT2D eigenvalue weighted by atomic mass is 15.3. The number of nitriles is 1. The summed E-state index contributed by atoms with van der Waals surface area (Å²) in [5.41, 5.74) is 9.58. The number of hydrogen-bond donors (Lipinski definition) is 1. The minimum absolute atomic E-state index is 0.239. The predicted molar refractivity (Wildman–Crippen MR) is 79.8 cm³/mol. The van der Waals surface area contributed by atoms with Crippen LogP contribution < -0.4 is 5.73 Å². The van der Waals surface area contributed by atoms with Gasteiger partial charge in [0.1, 0.15) is 11.6 Å². The van der Waals surface area contributed by atoms with E-state index in [4.69, 9.17) is 11.0 Å². The van der Waals surface area contributed by atoms with Gasteiger partial charge >= 0.3 is 0 Å². The second-order valence-corrected chi connectivity index (χ2v) is 4.90. The second kappa shape index (κ2) is 5.04. The Labute approximate surface area is 122 Å². The lowest BCUT2D eigenvalue weighted by atomic mass is 10.2. The van der Waals surface area contributed by atoms with Gasteiger partial charge < -0.3 is 5.73 Å². The molecule has 0 amide bonds. The first-order chi connectivity index (χ1) is 10.2. The average Bonchev–Trinajstić information content (AvgIpc) is 2.95. The molecule has 0 saturated heterocycles. The molecule has 0 radical (unpaired) electrons. The van der Waals surface area contributed by atoms with Gasteiger partial charge in [0.25, 0.3) is 0 Å². The zero-order valence-corrected chi connectivity index (χ0v) is 12.0. The van der Waals surface area contributed by atoms with E-state index in [2.05, 4.69) is 16.2 Å². The summed E-state index contributed by atoms with van der Waals surface area (Å²) >= 11 is 0. The monoisotopic (exact) mass is 280 g/mol. The van der Waals surface area contributed by atoms with Crippen molar-refractivity contribution >= 4 is 11.0 Å². The molecule has 0 saturated carbocycles. The summed E-state index contributed by atoms with van der Waals surface area (Å²) in [6, 6.07) is 10.0. The topological polar surface area (TPSA) is 85.5 Å². The molecule has 0 spiro atoms. The zero-order valence-electron chi connectivity index (χ0n) is 12.0. The van der Waals surface area contributed by atoms with Gasteiger partial charge in [0, 0.05) is 19.2 Å². The highest BCUT2D eigenvalue weighted by Gasteiger charge is 2.19. The molecule has 0 aliphatic rings. The molecule has 0 fully saturated rings. The van der Waals surface area contributed by atoms with Crippen molar-refractivity contribution in [2.45, 2.75) is 19.9 Å². The number of rotatable bonds is 3. The van der Waals surface area contributed by atoms with Crippen molar-refractivity contribution in [3.8, 4) is 11.9 Å². The molecule has 2 N–H and O–H groups in total. The van der Waals surface area contributed by atoms with Gasteiger partial charge in [-0.25, -0.2) is 4.98 Å². The van der Waals surface area contributed by atoms with E-state index in [1.807, 2.05) is 42.8 Å². The summed E-state index contributed by atoms with van der Waals surface area (Å²) in [4.78, 5) is 4.56. The summed E-state index contributed by atoms with van der Waals surface area (Å²) in [6.07, 6.45) is 0.239. The quantitative estimate of drug-likeness (QED) is 0.789. The molecule has 2 heterocycles. The number of aromatic nitrogens is 4. The van der Waals surface area contributed by atoms with Crippen LogP contribution in [0.25, 0.3) is 16.9 Å². The van der Waals surface area contributed by atoms with Crippen molar-refractivity contribution in [3.05, 3.63) is 41.3 Å². The van der Waals surface area contributed by atoms with Gasteiger partial charge in [0.05, 0.1) is 29.2 Å². The van der Waals surface area contributed by atoms with Crippen molar-refractivity contribution in [2.75, 3.05) is 0 Å². The van der Waals surface area contributed by atoms with Crippen LogP contribution in [0.2, 0.25) is 0 Å². The van der Waals surface area contributed by atoms with Crippen molar-refractivity contribution in [1.82, 2.24) is 19.3 Å². The number of fused-ring (bicyclic) bond motifs is 1. The first-order valence-electron chi connectivity index (χ1n) is 6.73. The Morgan fingerprint density at radius 3 is 2.81 bits per heavy atom. The van der Waals surface area contributed by atoms with E-state index in [0.717, 1.165) is 28.1 Å². The third-order valence-corrected chi connectivity index (χ3v) is 3.60. The molecule has 0 unspecified atom stereocenters. The Morgan fingerprint density at radius 1 is 1.33 bits per heavy atom. The van der Waals surface area contributed by atoms with E-state index in [1.54, 1.807) is 4.68 Å². The molecule has 6 heteroatoms. The number of nitrogens with zero attached hydrogens (tertiary/aromatic N) is 5. The average molecular weight is 280 g/mol. The van der Waals surface area contributed by atoms with Crippen LogP contribution in [-0.4, -0.2) is 19.3 Å². The summed E-state index contributed by atoms with van der Waals surface area (Å²) in [5, 5.41) is 13.5. The van der Waals surface area contributed by atoms with Crippen LogP contribution >= 0.6 is 0 Å². The molecule has 0 atom stereocenters. The van der Waals surface area contributed by atoms with E-state index in [1.165, 1.54) is 0 Å². The molecule has 106 valence electrons. The fraction of sp³-hybridized carbons (Fsp3) is 0.267. The van der Waals surface area contributed by atoms with Crippen molar-refractivity contribution in [2.24, 2.45) is 12.8 Å². The Hall–Kier alpha value is -2.65. The maximum absolute atomic E-state index is 9.07. The van der Waals surface area contributed by atoms with Crippen LogP contribution in [0.5, 0.6) is 0 Å². The molecular weight excluding hydrogens is 264 g/mol. The molecule has 0 bridgehead atoms. The molecule has 3 aromatic rings. The van der Waals surface area contributed by atoms with Gasteiger partial charge in [0.15, 0.2) is 0 Å². The van der Waals surface area contributed by atoms with Gasteiger partial charge in [-0.05, 0) is 19.1 Å². The lowest BCUT2D eigenvalue weighted by Gasteiger charge is -2.10. The molecule has 0 aliphatic carbocycles. The number of hydrogen-bond acceptors (Lipinski definition) is 4. The van der Waals surface area contributed by atoms with Crippen LogP contribution in [-0.2, 0) is 20.0 Å². The minimum atomic E-state index is 0.239. The summed E-state index contributed by atoms with van der Waals surface area (Å²) in [5.74, 6) is 1.59. The van der Waals surface area contributed by atoms with Crippen LogP contribution in [0.3, 0.4) is 0 Å². The molecule has 6 nitrogen and oxygen atoms in total. The lowest BCUT2D eigenvalue weighted by Crippen LogP contribution is -2.10. The van der Waals surface area contributed by atoms with E-state index in [0.29, 0.717) is 12.4 Å². The molecule has 2 aromatic heterocycles.